The van der Waals surface area contributed by atoms with E-state index in [9.17, 15) is 18.3 Å². The Hall–Kier alpha value is -3.17. The zero-order valence-electron chi connectivity index (χ0n) is 20.2. The zero-order valence-corrected chi connectivity index (χ0v) is 21.8. The van der Waals surface area contributed by atoms with Crippen LogP contribution < -0.4 is 9.62 Å². The molecule has 2 aromatic heterocycles. The monoisotopic (exact) mass is 528 g/mol. The highest BCUT2D eigenvalue weighted by Crippen LogP contribution is 2.37. The van der Waals surface area contributed by atoms with Crippen LogP contribution in [0.15, 0.2) is 59.6 Å². The minimum Gasteiger partial charge on any atom is -0.481 e. The first-order valence-corrected chi connectivity index (χ1v) is 13.7. The first-order chi connectivity index (χ1) is 17.1. The molecule has 0 radical (unpaired) electrons. The van der Waals surface area contributed by atoms with Crippen LogP contribution in [-0.2, 0) is 14.8 Å². The van der Waals surface area contributed by atoms with Gasteiger partial charge in [0.1, 0.15) is 11.6 Å². The summed E-state index contributed by atoms with van der Waals surface area (Å²) in [6, 6.07) is 15.4. The number of aromatic nitrogens is 2. The highest BCUT2D eigenvalue weighted by molar-refractivity contribution is 7.92. The van der Waals surface area contributed by atoms with Crippen LogP contribution in [0.25, 0.3) is 11.3 Å². The van der Waals surface area contributed by atoms with Crippen molar-refractivity contribution in [3.8, 4) is 11.3 Å². The predicted molar refractivity (Wildman–Crippen MR) is 141 cm³/mol. The van der Waals surface area contributed by atoms with Crippen LogP contribution in [0, 0.1) is 12.3 Å². The number of benzene rings is 1. The molecule has 10 heteroatoms. The number of sulfonamides is 1. The maximum atomic E-state index is 13.2. The van der Waals surface area contributed by atoms with Gasteiger partial charge in [0.25, 0.3) is 10.0 Å². The molecule has 4 rings (SSSR count). The van der Waals surface area contributed by atoms with Crippen LogP contribution in [0.3, 0.4) is 0 Å². The van der Waals surface area contributed by atoms with E-state index >= 15 is 0 Å². The van der Waals surface area contributed by atoms with Crippen LogP contribution in [0.1, 0.15) is 38.2 Å². The van der Waals surface area contributed by atoms with Gasteiger partial charge in [-0.25, -0.2) is 9.97 Å². The minimum atomic E-state index is -4.06. The molecule has 2 N–H and O–H groups in total. The van der Waals surface area contributed by atoms with Gasteiger partial charge in [0.05, 0.1) is 16.1 Å². The Kier molecular flexibility index (Phi) is 7.51. The van der Waals surface area contributed by atoms with Crippen LogP contribution in [0.2, 0.25) is 5.02 Å². The summed E-state index contributed by atoms with van der Waals surface area (Å²) in [5.41, 5.74) is 1.39. The number of carbonyl (C=O) groups is 1. The quantitative estimate of drug-likeness (QED) is 0.403. The van der Waals surface area contributed by atoms with Crippen molar-refractivity contribution in [1.82, 2.24) is 9.97 Å². The van der Waals surface area contributed by atoms with E-state index in [2.05, 4.69) is 14.7 Å². The number of piperidine rings is 1. The molecule has 3 heterocycles. The molecular formula is C26H29ClN4O4S. The number of halogens is 1. The molecule has 1 saturated heterocycles. The number of aryl methyl sites for hydroxylation is 1. The third-order valence-corrected chi connectivity index (χ3v) is 8.11. The number of rotatable bonds is 8. The maximum Gasteiger partial charge on any atom is 0.311 e. The summed E-state index contributed by atoms with van der Waals surface area (Å²) in [6.45, 7) is 4.80. The first kappa shape index (κ1) is 25.9. The number of nitrogens with one attached hydrogen (secondary N) is 1. The lowest BCUT2D eigenvalue weighted by Gasteiger charge is -2.40. The molecule has 0 saturated carbocycles. The molecule has 8 nitrogen and oxygen atoms in total. The van der Waals surface area contributed by atoms with Crippen LogP contribution in [0.4, 0.5) is 11.6 Å². The molecule has 1 aromatic carbocycles. The fraction of sp³-hybridized carbons (Fsp3) is 0.346. The number of pyridine rings is 2. The van der Waals surface area contributed by atoms with E-state index in [-0.39, 0.29) is 10.8 Å². The van der Waals surface area contributed by atoms with Crippen LogP contribution in [0.5, 0.6) is 0 Å². The summed E-state index contributed by atoms with van der Waals surface area (Å²) in [7, 11) is -4.06. The number of hydrogen-bond acceptors (Lipinski definition) is 6. The molecule has 0 spiro atoms. The summed E-state index contributed by atoms with van der Waals surface area (Å²) in [5, 5.41) is 10.1. The molecule has 3 aromatic rings. The first-order valence-electron chi connectivity index (χ1n) is 11.9. The summed E-state index contributed by atoms with van der Waals surface area (Å²) < 4.78 is 28.9. The van der Waals surface area contributed by atoms with Crippen molar-refractivity contribution in [2.45, 2.75) is 44.6 Å². The lowest BCUT2D eigenvalue weighted by Crippen LogP contribution is -2.48. The fourth-order valence-corrected chi connectivity index (χ4v) is 5.91. The largest absolute Gasteiger partial charge is 0.481 e. The molecule has 0 aliphatic carbocycles. The summed E-state index contributed by atoms with van der Waals surface area (Å²) >= 11 is 6.37. The number of anilines is 2. The molecule has 1 aliphatic rings. The van der Waals surface area contributed by atoms with Crippen molar-refractivity contribution in [3.05, 3.63) is 65.2 Å². The van der Waals surface area contributed by atoms with E-state index in [0.29, 0.717) is 48.9 Å². The summed E-state index contributed by atoms with van der Waals surface area (Å²) in [5.74, 6) is -0.266. The molecule has 1 atom stereocenters. The lowest BCUT2D eigenvalue weighted by atomic mass is 9.76. The van der Waals surface area contributed by atoms with E-state index in [0.717, 1.165) is 17.5 Å². The average Bonchev–Trinajstić information content (AvgIpc) is 2.86. The number of carboxylic acids is 1. The van der Waals surface area contributed by atoms with Crippen LogP contribution in [-0.4, -0.2) is 42.6 Å². The minimum absolute atomic E-state index is 0.121. The Balaban J connectivity index is 1.61. The molecule has 1 unspecified atom stereocenters. The SMILES string of the molecule is CCCC1(C(=O)O)CCCN(c2cccc(S(=O)(=O)Nc3ccc(Cl)c(-c4ccccc4C)n3)n2)C1. The van der Waals surface area contributed by atoms with Crippen molar-refractivity contribution >= 4 is 39.2 Å². The molecule has 1 fully saturated rings. The Morgan fingerprint density at radius 2 is 1.92 bits per heavy atom. The van der Waals surface area contributed by atoms with Gasteiger partial charge in [0.2, 0.25) is 0 Å². The second kappa shape index (κ2) is 10.4. The standard InChI is InChI=1S/C26H29ClN4O4S/c1-3-14-26(25(32)33)15-7-16-31(17-26)22-10-6-11-23(29-22)36(34,35)30-21-13-12-20(27)24(28-21)19-9-5-4-8-18(19)2/h4-6,8-13H,3,7,14-17H2,1-2H3,(H,28,30)(H,32,33). The third kappa shape index (κ3) is 5.32. The van der Waals surface area contributed by atoms with Gasteiger partial charge in [-0.2, -0.15) is 8.42 Å². The van der Waals surface area contributed by atoms with Gasteiger partial charge in [0, 0.05) is 18.7 Å². The second-order valence-electron chi connectivity index (χ2n) is 9.14. The van der Waals surface area contributed by atoms with E-state index < -0.39 is 21.4 Å². The number of aliphatic carboxylic acids is 1. The number of nitrogens with zero attached hydrogens (tertiary/aromatic N) is 3. The molecule has 0 bridgehead atoms. The molecule has 36 heavy (non-hydrogen) atoms. The number of carboxylic acid groups (broad SMARTS) is 1. The predicted octanol–water partition coefficient (Wildman–Crippen LogP) is 5.38. The zero-order chi connectivity index (χ0) is 25.9. The molecule has 1 aliphatic heterocycles. The Morgan fingerprint density at radius 1 is 1.14 bits per heavy atom. The van der Waals surface area contributed by atoms with Crippen molar-refractivity contribution < 1.29 is 18.3 Å². The second-order valence-corrected chi connectivity index (χ2v) is 11.2. The van der Waals surface area contributed by atoms with Crippen molar-refractivity contribution in [1.29, 1.82) is 0 Å². The smallest absolute Gasteiger partial charge is 0.311 e. The van der Waals surface area contributed by atoms with Gasteiger partial charge in [-0.3, -0.25) is 9.52 Å². The Labute approximate surface area is 216 Å². The third-order valence-electron chi connectivity index (χ3n) is 6.55. The van der Waals surface area contributed by atoms with Gasteiger partial charge in [-0.15, -0.1) is 0 Å². The Morgan fingerprint density at radius 3 is 2.64 bits per heavy atom. The normalized spacial score (nSPS) is 18.1. The van der Waals surface area contributed by atoms with Gasteiger partial charge < -0.3 is 10.0 Å². The van der Waals surface area contributed by atoms with E-state index in [1.807, 2.05) is 43.0 Å². The van der Waals surface area contributed by atoms with Gasteiger partial charge >= 0.3 is 5.97 Å². The highest BCUT2D eigenvalue weighted by atomic mass is 35.5. The molecule has 0 amide bonds. The van der Waals surface area contributed by atoms with E-state index in [4.69, 9.17) is 11.6 Å². The van der Waals surface area contributed by atoms with Crippen molar-refractivity contribution in [2.24, 2.45) is 5.41 Å². The number of hydrogen-bond donors (Lipinski definition) is 2. The fourth-order valence-electron chi connectivity index (χ4n) is 4.74. The summed E-state index contributed by atoms with van der Waals surface area (Å²) in [4.78, 5) is 22.8. The van der Waals surface area contributed by atoms with Crippen molar-refractivity contribution in [3.63, 3.8) is 0 Å². The topological polar surface area (TPSA) is 112 Å². The van der Waals surface area contributed by atoms with Crippen LogP contribution >= 0.6 is 11.6 Å². The highest BCUT2D eigenvalue weighted by Gasteiger charge is 2.42. The molecule has 190 valence electrons. The Bertz CT molecular complexity index is 1380. The lowest BCUT2D eigenvalue weighted by molar-refractivity contribution is -0.150. The summed E-state index contributed by atoms with van der Waals surface area (Å²) in [6.07, 6.45) is 2.60. The van der Waals surface area contributed by atoms with E-state index in [1.165, 1.54) is 12.1 Å². The van der Waals surface area contributed by atoms with Crippen molar-refractivity contribution in [2.75, 3.05) is 22.7 Å². The van der Waals surface area contributed by atoms with Gasteiger partial charge in [-0.05, 0) is 56.0 Å². The molecular weight excluding hydrogens is 500 g/mol. The van der Waals surface area contributed by atoms with Gasteiger partial charge in [-0.1, -0.05) is 55.3 Å². The maximum absolute atomic E-state index is 13.2. The average molecular weight is 529 g/mol. The van der Waals surface area contributed by atoms with Gasteiger partial charge in [0.15, 0.2) is 5.03 Å². The van der Waals surface area contributed by atoms with E-state index in [1.54, 1.807) is 18.2 Å².